The average molecular weight is 251 g/mol. The summed E-state index contributed by atoms with van der Waals surface area (Å²) in [5, 5.41) is 0. The highest BCUT2D eigenvalue weighted by Crippen LogP contribution is 2.27. The molecule has 0 saturated heterocycles. The van der Waals surface area contributed by atoms with Gasteiger partial charge >= 0.3 is 0 Å². The van der Waals surface area contributed by atoms with Crippen LogP contribution in [0.3, 0.4) is 0 Å². The number of benzene rings is 1. The van der Waals surface area contributed by atoms with E-state index in [9.17, 15) is 4.39 Å². The fourth-order valence-electron chi connectivity index (χ4n) is 0.915. The van der Waals surface area contributed by atoms with Crippen LogP contribution in [0.15, 0.2) is 16.6 Å². The van der Waals surface area contributed by atoms with Crippen LogP contribution < -0.4 is 4.74 Å². The van der Waals surface area contributed by atoms with Crippen molar-refractivity contribution in [3.8, 4) is 5.75 Å². The minimum atomic E-state index is -0.295. The number of ether oxygens (including phenoxy) is 1. The third-order valence-electron chi connectivity index (χ3n) is 1.50. The Morgan fingerprint density at radius 2 is 2.25 bits per heavy atom. The number of rotatable bonds is 2. The summed E-state index contributed by atoms with van der Waals surface area (Å²) in [6.45, 7) is 0. The molecule has 0 heterocycles. The maximum absolute atomic E-state index is 13.1. The van der Waals surface area contributed by atoms with Crippen LogP contribution in [-0.2, 0) is 5.75 Å². The molecule has 4 heteroatoms. The summed E-state index contributed by atoms with van der Waals surface area (Å²) in [4.78, 5) is 0. The molecule has 1 aromatic rings. The van der Waals surface area contributed by atoms with E-state index < -0.39 is 0 Å². The van der Waals surface area contributed by atoms with Crippen LogP contribution in [0.2, 0.25) is 0 Å². The maximum atomic E-state index is 13.1. The molecule has 0 unspecified atom stereocenters. The van der Waals surface area contributed by atoms with Crippen molar-refractivity contribution in [3.05, 3.63) is 28.0 Å². The number of hydrogen-bond donors (Lipinski definition) is 1. The average Bonchev–Trinajstić information content (AvgIpc) is 2.03. The molecule has 0 atom stereocenters. The zero-order chi connectivity index (χ0) is 9.14. The Morgan fingerprint density at radius 3 is 2.75 bits per heavy atom. The summed E-state index contributed by atoms with van der Waals surface area (Å²) >= 11 is 7.17. The zero-order valence-electron chi connectivity index (χ0n) is 6.47. The first-order valence-corrected chi connectivity index (χ1v) is 4.74. The molecular formula is C8H8BrFOS. The van der Waals surface area contributed by atoms with Gasteiger partial charge in [0.05, 0.1) is 7.11 Å². The van der Waals surface area contributed by atoms with Crippen molar-refractivity contribution in [1.29, 1.82) is 0 Å². The van der Waals surface area contributed by atoms with Crippen LogP contribution in [0, 0.1) is 5.82 Å². The lowest BCUT2D eigenvalue weighted by Gasteiger charge is -2.07. The number of halogens is 2. The van der Waals surface area contributed by atoms with E-state index in [-0.39, 0.29) is 5.82 Å². The molecule has 0 bridgehead atoms. The Balaban J connectivity index is 3.24. The van der Waals surface area contributed by atoms with Gasteiger partial charge in [0, 0.05) is 15.8 Å². The van der Waals surface area contributed by atoms with Gasteiger partial charge in [0.2, 0.25) is 0 Å². The highest BCUT2D eigenvalue weighted by molar-refractivity contribution is 9.10. The molecule has 12 heavy (non-hydrogen) atoms. The van der Waals surface area contributed by atoms with Crippen LogP contribution >= 0.6 is 28.6 Å². The minimum Gasteiger partial charge on any atom is -0.496 e. The summed E-state index contributed by atoms with van der Waals surface area (Å²) in [6, 6.07) is 3.11. The van der Waals surface area contributed by atoms with Crippen molar-refractivity contribution in [2.24, 2.45) is 0 Å². The molecule has 1 nitrogen and oxygen atoms in total. The van der Waals surface area contributed by atoms with Crippen molar-refractivity contribution >= 4 is 28.6 Å². The Hall–Kier alpha value is -0.220. The van der Waals surface area contributed by atoms with Gasteiger partial charge in [0.1, 0.15) is 11.6 Å². The van der Waals surface area contributed by atoms with Gasteiger partial charge in [-0.05, 0) is 12.1 Å². The number of hydrogen-bond acceptors (Lipinski definition) is 2. The van der Waals surface area contributed by atoms with Gasteiger partial charge in [-0.2, -0.15) is 12.6 Å². The summed E-state index contributed by atoms with van der Waals surface area (Å²) in [7, 11) is 1.51. The first kappa shape index (κ1) is 9.86. The van der Waals surface area contributed by atoms with E-state index in [4.69, 9.17) is 4.74 Å². The lowest BCUT2D eigenvalue weighted by Crippen LogP contribution is -1.93. The smallest absolute Gasteiger partial charge is 0.132 e. The largest absolute Gasteiger partial charge is 0.496 e. The fourth-order valence-corrected chi connectivity index (χ4v) is 1.63. The van der Waals surface area contributed by atoms with Gasteiger partial charge in [-0.3, -0.25) is 0 Å². The molecule has 0 spiro atoms. The van der Waals surface area contributed by atoms with Gasteiger partial charge in [-0.1, -0.05) is 15.9 Å². The molecule has 1 rings (SSSR count). The van der Waals surface area contributed by atoms with Crippen LogP contribution in [0.1, 0.15) is 5.56 Å². The van der Waals surface area contributed by atoms with Crippen LogP contribution in [0.5, 0.6) is 5.75 Å². The van der Waals surface area contributed by atoms with E-state index in [0.29, 0.717) is 21.5 Å². The lowest BCUT2D eigenvalue weighted by molar-refractivity contribution is 0.406. The maximum Gasteiger partial charge on any atom is 0.132 e. The monoisotopic (exact) mass is 250 g/mol. The molecule has 0 amide bonds. The van der Waals surface area contributed by atoms with Crippen molar-refractivity contribution in [1.82, 2.24) is 0 Å². The van der Waals surface area contributed by atoms with Crippen molar-refractivity contribution in [3.63, 3.8) is 0 Å². The highest BCUT2D eigenvalue weighted by atomic mass is 79.9. The van der Waals surface area contributed by atoms with Gasteiger partial charge in [-0.25, -0.2) is 4.39 Å². The first-order valence-electron chi connectivity index (χ1n) is 3.31. The van der Waals surface area contributed by atoms with Gasteiger partial charge in [0.15, 0.2) is 0 Å². The quantitative estimate of drug-likeness (QED) is 0.795. The van der Waals surface area contributed by atoms with E-state index >= 15 is 0 Å². The van der Waals surface area contributed by atoms with Crippen LogP contribution in [0.4, 0.5) is 4.39 Å². The second-order valence-electron chi connectivity index (χ2n) is 2.23. The molecule has 66 valence electrons. The highest BCUT2D eigenvalue weighted by Gasteiger charge is 2.08. The molecule has 0 radical (unpaired) electrons. The molecular weight excluding hydrogens is 243 g/mol. The third-order valence-corrected chi connectivity index (χ3v) is 2.27. The third kappa shape index (κ3) is 1.93. The molecule has 0 aliphatic carbocycles. The molecule has 0 aliphatic rings. The molecule has 0 aliphatic heterocycles. The zero-order valence-corrected chi connectivity index (χ0v) is 8.95. The first-order chi connectivity index (χ1) is 5.69. The molecule has 1 aromatic carbocycles. The predicted molar refractivity (Wildman–Crippen MR) is 53.3 cm³/mol. The minimum absolute atomic E-state index is 0.295. The van der Waals surface area contributed by atoms with Gasteiger partial charge < -0.3 is 4.74 Å². The normalized spacial score (nSPS) is 10.0. The topological polar surface area (TPSA) is 9.23 Å². The predicted octanol–water partition coefficient (Wildman–Crippen LogP) is 3.03. The second kappa shape index (κ2) is 4.14. The molecule has 0 fully saturated rings. The fraction of sp³-hybridized carbons (Fsp3) is 0.250. The Bertz CT molecular complexity index is 291. The molecule has 0 N–H and O–H groups in total. The van der Waals surface area contributed by atoms with Crippen molar-refractivity contribution in [2.45, 2.75) is 5.75 Å². The molecule has 0 aromatic heterocycles. The van der Waals surface area contributed by atoms with Gasteiger partial charge in [0.25, 0.3) is 0 Å². The van der Waals surface area contributed by atoms with Gasteiger partial charge in [-0.15, -0.1) is 0 Å². The lowest BCUT2D eigenvalue weighted by atomic mass is 10.2. The summed E-state index contributed by atoms with van der Waals surface area (Å²) in [5.74, 6) is 0.565. The van der Waals surface area contributed by atoms with Crippen LogP contribution in [-0.4, -0.2) is 7.11 Å². The standard InChI is InChI=1S/C8H8BrFOS/c1-11-8-3-5(9)2-7(10)6(8)4-12/h2-3,12H,4H2,1H3. The van der Waals surface area contributed by atoms with E-state index in [2.05, 4.69) is 28.6 Å². The Morgan fingerprint density at radius 1 is 1.58 bits per heavy atom. The van der Waals surface area contributed by atoms with E-state index in [0.717, 1.165) is 0 Å². The van der Waals surface area contributed by atoms with E-state index in [1.807, 2.05) is 0 Å². The second-order valence-corrected chi connectivity index (χ2v) is 3.46. The summed E-state index contributed by atoms with van der Waals surface area (Å²) < 4.78 is 18.8. The SMILES string of the molecule is COc1cc(Br)cc(F)c1CS. The van der Waals surface area contributed by atoms with E-state index in [1.54, 1.807) is 6.07 Å². The number of thiol groups is 1. The van der Waals surface area contributed by atoms with Crippen LogP contribution in [0.25, 0.3) is 0 Å². The Kier molecular flexibility index (Phi) is 3.40. The Labute approximate surface area is 84.5 Å². The number of methoxy groups -OCH3 is 1. The summed E-state index contributed by atoms with van der Waals surface area (Å²) in [6.07, 6.45) is 0. The van der Waals surface area contributed by atoms with Crippen molar-refractivity contribution < 1.29 is 9.13 Å². The van der Waals surface area contributed by atoms with Crippen molar-refractivity contribution in [2.75, 3.05) is 7.11 Å². The summed E-state index contributed by atoms with van der Waals surface area (Å²) in [5.41, 5.74) is 0.490. The van der Waals surface area contributed by atoms with E-state index in [1.165, 1.54) is 13.2 Å². The molecule has 0 saturated carbocycles.